The van der Waals surface area contributed by atoms with Crippen molar-refractivity contribution >= 4 is 39.9 Å². The Hall–Kier alpha value is -1.59. The second-order valence-corrected chi connectivity index (χ2v) is 6.47. The van der Waals surface area contributed by atoms with Gasteiger partial charge in [0, 0.05) is 17.5 Å². The van der Waals surface area contributed by atoms with Crippen molar-refractivity contribution in [2.75, 3.05) is 5.73 Å². The van der Waals surface area contributed by atoms with Crippen LogP contribution in [0.2, 0.25) is 4.34 Å². The number of aromatic nitrogens is 2. The smallest absolute Gasteiger partial charge is 0.201 e. The Morgan fingerprint density at radius 1 is 1.40 bits per heavy atom. The number of aryl methyl sites for hydroxylation is 3. The highest BCUT2D eigenvalue weighted by atomic mass is 35.5. The molecule has 0 spiro atoms. The molecule has 0 fully saturated rings. The van der Waals surface area contributed by atoms with Gasteiger partial charge in [0.1, 0.15) is 5.82 Å². The highest BCUT2D eigenvalue weighted by Gasteiger charge is 2.11. The van der Waals surface area contributed by atoms with E-state index in [1.165, 1.54) is 10.9 Å². The summed E-state index contributed by atoms with van der Waals surface area (Å²) in [6, 6.07) is 7.11. The van der Waals surface area contributed by atoms with Crippen LogP contribution in [0.3, 0.4) is 0 Å². The maximum absolute atomic E-state index is 13.5. The largest absolute Gasteiger partial charge is 0.369 e. The van der Waals surface area contributed by atoms with Crippen molar-refractivity contribution < 1.29 is 4.39 Å². The first-order valence-electron chi connectivity index (χ1n) is 6.20. The lowest BCUT2D eigenvalue weighted by Crippen LogP contribution is -2.05. The molecule has 2 N–H and O–H groups in total. The van der Waals surface area contributed by atoms with Gasteiger partial charge in [0.15, 0.2) is 0 Å². The molecule has 0 aliphatic heterocycles. The summed E-state index contributed by atoms with van der Waals surface area (Å²) in [5.41, 5.74) is 7.98. The van der Waals surface area contributed by atoms with Crippen LogP contribution in [-0.2, 0) is 13.0 Å². The topological polar surface area (TPSA) is 43.8 Å². The van der Waals surface area contributed by atoms with E-state index in [-0.39, 0.29) is 5.82 Å². The van der Waals surface area contributed by atoms with Gasteiger partial charge in [-0.1, -0.05) is 11.6 Å². The third-order valence-corrected chi connectivity index (χ3v) is 4.56. The molecule has 20 heavy (non-hydrogen) atoms. The molecule has 3 nitrogen and oxygen atoms in total. The summed E-state index contributed by atoms with van der Waals surface area (Å²) >= 11 is 7.48. The molecular weight excluding hydrogens is 297 g/mol. The SMILES string of the molecule is Cc1cc2c(cc1F)nc(N)n2CCc1ccc(Cl)s1. The summed E-state index contributed by atoms with van der Waals surface area (Å²) in [5.74, 6) is 0.153. The Balaban J connectivity index is 1.94. The Kier molecular flexibility index (Phi) is 3.40. The monoisotopic (exact) mass is 309 g/mol. The molecule has 6 heteroatoms. The van der Waals surface area contributed by atoms with Crippen LogP contribution in [-0.4, -0.2) is 9.55 Å². The van der Waals surface area contributed by atoms with Crippen molar-refractivity contribution in [3.8, 4) is 0 Å². The zero-order chi connectivity index (χ0) is 14.3. The Labute approximate surface area is 124 Å². The number of nitrogens with two attached hydrogens (primary N) is 1. The number of nitrogens with zero attached hydrogens (tertiary/aromatic N) is 2. The first-order chi connectivity index (χ1) is 9.54. The molecule has 0 saturated heterocycles. The van der Waals surface area contributed by atoms with Gasteiger partial charge >= 0.3 is 0 Å². The van der Waals surface area contributed by atoms with Crippen LogP contribution in [0.25, 0.3) is 11.0 Å². The Morgan fingerprint density at radius 3 is 2.90 bits per heavy atom. The van der Waals surface area contributed by atoms with E-state index in [9.17, 15) is 4.39 Å². The number of fused-ring (bicyclic) bond motifs is 1. The van der Waals surface area contributed by atoms with Crippen LogP contribution in [0, 0.1) is 12.7 Å². The minimum Gasteiger partial charge on any atom is -0.369 e. The van der Waals surface area contributed by atoms with E-state index in [2.05, 4.69) is 4.98 Å². The molecule has 0 atom stereocenters. The molecule has 2 aromatic heterocycles. The number of nitrogen functional groups attached to an aromatic ring is 1. The van der Waals surface area contributed by atoms with Gasteiger partial charge in [-0.05, 0) is 37.1 Å². The van der Waals surface area contributed by atoms with E-state index in [4.69, 9.17) is 17.3 Å². The molecule has 0 radical (unpaired) electrons. The van der Waals surface area contributed by atoms with Crippen LogP contribution < -0.4 is 5.73 Å². The predicted molar refractivity (Wildman–Crippen MR) is 81.9 cm³/mol. The van der Waals surface area contributed by atoms with Crippen molar-refractivity contribution in [3.05, 3.63) is 44.9 Å². The van der Waals surface area contributed by atoms with Crippen molar-refractivity contribution in [3.63, 3.8) is 0 Å². The van der Waals surface area contributed by atoms with E-state index in [1.54, 1.807) is 24.3 Å². The molecule has 0 bridgehead atoms. The fraction of sp³-hybridized carbons (Fsp3) is 0.214. The highest BCUT2D eigenvalue weighted by Crippen LogP contribution is 2.25. The Bertz CT molecular complexity index is 778. The van der Waals surface area contributed by atoms with Gasteiger partial charge < -0.3 is 10.3 Å². The molecule has 2 heterocycles. The maximum atomic E-state index is 13.5. The van der Waals surface area contributed by atoms with Crippen LogP contribution in [0.15, 0.2) is 24.3 Å². The van der Waals surface area contributed by atoms with E-state index < -0.39 is 0 Å². The minimum absolute atomic E-state index is 0.257. The number of hydrogen-bond acceptors (Lipinski definition) is 3. The van der Waals surface area contributed by atoms with E-state index in [0.717, 1.165) is 16.3 Å². The van der Waals surface area contributed by atoms with Gasteiger partial charge in [-0.3, -0.25) is 0 Å². The standard InChI is InChI=1S/C14H13ClFN3S/c1-8-6-12-11(7-10(8)16)18-14(17)19(12)5-4-9-2-3-13(15)20-9/h2-3,6-7H,4-5H2,1H3,(H2,17,18). The minimum atomic E-state index is -0.257. The summed E-state index contributed by atoms with van der Waals surface area (Å²) in [6.07, 6.45) is 0.823. The molecule has 0 unspecified atom stereocenters. The lowest BCUT2D eigenvalue weighted by Gasteiger charge is -2.06. The summed E-state index contributed by atoms with van der Waals surface area (Å²) in [5, 5.41) is 0. The zero-order valence-electron chi connectivity index (χ0n) is 10.9. The van der Waals surface area contributed by atoms with Crippen LogP contribution >= 0.6 is 22.9 Å². The number of thiophene rings is 1. The molecule has 0 saturated carbocycles. The Morgan fingerprint density at radius 2 is 2.20 bits per heavy atom. The summed E-state index contributed by atoms with van der Waals surface area (Å²) in [4.78, 5) is 5.40. The van der Waals surface area contributed by atoms with Crippen LogP contribution in [0.4, 0.5) is 10.3 Å². The molecule has 0 aliphatic rings. The van der Waals surface area contributed by atoms with E-state index in [0.29, 0.717) is 23.6 Å². The van der Waals surface area contributed by atoms with Gasteiger partial charge in [0.2, 0.25) is 5.95 Å². The number of hydrogen-bond donors (Lipinski definition) is 1. The number of benzene rings is 1. The van der Waals surface area contributed by atoms with Crippen molar-refractivity contribution in [2.24, 2.45) is 0 Å². The maximum Gasteiger partial charge on any atom is 0.201 e. The second-order valence-electron chi connectivity index (χ2n) is 4.67. The van der Waals surface area contributed by atoms with E-state index >= 15 is 0 Å². The van der Waals surface area contributed by atoms with E-state index in [1.807, 2.05) is 16.7 Å². The van der Waals surface area contributed by atoms with Gasteiger partial charge in [-0.25, -0.2) is 9.37 Å². The quantitative estimate of drug-likeness (QED) is 0.794. The molecule has 0 aliphatic carbocycles. The third kappa shape index (κ3) is 2.39. The van der Waals surface area contributed by atoms with Crippen molar-refractivity contribution in [1.82, 2.24) is 9.55 Å². The van der Waals surface area contributed by atoms with Crippen molar-refractivity contribution in [2.45, 2.75) is 19.9 Å². The van der Waals surface area contributed by atoms with Crippen LogP contribution in [0.1, 0.15) is 10.4 Å². The molecule has 3 rings (SSSR count). The number of halogens is 2. The highest BCUT2D eigenvalue weighted by molar-refractivity contribution is 7.16. The fourth-order valence-electron chi connectivity index (χ4n) is 2.21. The van der Waals surface area contributed by atoms with Gasteiger partial charge in [-0.2, -0.15) is 0 Å². The molecule has 0 amide bonds. The van der Waals surface area contributed by atoms with Gasteiger partial charge in [0.05, 0.1) is 15.4 Å². The number of anilines is 1. The molecule has 3 aromatic rings. The normalized spacial score (nSPS) is 11.3. The average molecular weight is 310 g/mol. The van der Waals surface area contributed by atoms with Crippen molar-refractivity contribution in [1.29, 1.82) is 0 Å². The molecule has 1 aromatic carbocycles. The lowest BCUT2D eigenvalue weighted by atomic mass is 10.2. The summed E-state index contributed by atoms with van der Waals surface area (Å²) in [7, 11) is 0. The predicted octanol–water partition coefficient (Wildman–Crippen LogP) is 4.02. The second kappa shape index (κ2) is 5.07. The van der Waals surface area contributed by atoms with Crippen LogP contribution in [0.5, 0.6) is 0 Å². The van der Waals surface area contributed by atoms with Gasteiger partial charge in [-0.15, -0.1) is 11.3 Å². The van der Waals surface area contributed by atoms with Gasteiger partial charge in [0.25, 0.3) is 0 Å². The number of imidazole rings is 1. The first kappa shape index (κ1) is 13.4. The molecule has 104 valence electrons. The third-order valence-electron chi connectivity index (χ3n) is 3.27. The zero-order valence-corrected chi connectivity index (χ0v) is 12.4. The summed E-state index contributed by atoms with van der Waals surface area (Å²) < 4.78 is 16.2. The average Bonchev–Trinajstić information content (AvgIpc) is 2.92. The lowest BCUT2D eigenvalue weighted by molar-refractivity contribution is 0.620. The summed E-state index contributed by atoms with van der Waals surface area (Å²) in [6.45, 7) is 2.44. The fourth-order valence-corrected chi connectivity index (χ4v) is 3.29. The molecular formula is C14H13ClFN3S. The number of rotatable bonds is 3. The first-order valence-corrected chi connectivity index (χ1v) is 7.40.